The molecule has 0 unspecified atom stereocenters. The molecule has 1 aliphatic carbocycles. The highest BCUT2D eigenvalue weighted by atomic mass is 32.2. The lowest BCUT2D eigenvalue weighted by Crippen LogP contribution is -2.44. The standard InChI is InChI=1S/C28H31NO9S/c1-28(2,3)38-26(30)29-23(21-36-39(29,32)33)20-34-24-15-9-5-11-17-25(18-12-6-10-16-24)37-27(31)35-19-22-13-7-4-8-14-22/h4-18,23H,19-21H2,1-3H3/b9-5-,10-6?,11-5?,12-6-,15-9?,16-10?,17-11-,18-12?,24-15?,24-16?,25-17?,25-18+/t23-/m1/s1. The van der Waals surface area contributed by atoms with Gasteiger partial charge in [-0.05, 0) is 50.6 Å². The minimum absolute atomic E-state index is 0.0944. The van der Waals surface area contributed by atoms with Crippen LogP contribution in [0.1, 0.15) is 26.3 Å². The summed E-state index contributed by atoms with van der Waals surface area (Å²) in [6.45, 7) is 4.60. The fourth-order valence-corrected chi connectivity index (χ4v) is 4.32. The third-order valence-corrected chi connectivity index (χ3v) is 6.25. The zero-order valence-electron chi connectivity index (χ0n) is 21.9. The molecule has 3 rings (SSSR count). The second-order valence-electron chi connectivity index (χ2n) is 9.24. The summed E-state index contributed by atoms with van der Waals surface area (Å²) < 4.78 is 51.3. The van der Waals surface area contributed by atoms with Gasteiger partial charge in [-0.2, -0.15) is 12.7 Å². The van der Waals surface area contributed by atoms with E-state index >= 15 is 0 Å². The molecular weight excluding hydrogens is 526 g/mol. The first-order valence-electron chi connectivity index (χ1n) is 12.1. The Labute approximate surface area is 228 Å². The van der Waals surface area contributed by atoms with Gasteiger partial charge in [0.1, 0.15) is 36.4 Å². The average Bonchev–Trinajstić information content (AvgIpc) is 3.17. The van der Waals surface area contributed by atoms with Crippen LogP contribution in [0.15, 0.2) is 103 Å². The number of carbonyl (C=O) groups is 2. The minimum Gasteiger partial charge on any atom is -0.491 e. The Morgan fingerprint density at radius 1 is 0.949 bits per heavy atom. The van der Waals surface area contributed by atoms with E-state index in [0.717, 1.165) is 5.56 Å². The van der Waals surface area contributed by atoms with E-state index in [1.165, 1.54) is 0 Å². The molecule has 10 nitrogen and oxygen atoms in total. The third-order valence-electron chi connectivity index (χ3n) is 4.88. The van der Waals surface area contributed by atoms with E-state index in [2.05, 4.69) is 0 Å². The van der Waals surface area contributed by atoms with Crippen molar-refractivity contribution in [3.63, 3.8) is 0 Å². The van der Waals surface area contributed by atoms with Gasteiger partial charge in [-0.15, -0.1) is 0 Å². The van der Waals surface area contributed by atoms with E-state index in [0.29, 0.717) is 10.1 Å². The van der Waals surface area contributed by atoms with Gasteiger partial charge in [0.05, 0.1) is 6.61 Å². The first kappa shape index (κ1) is 29.5. The van der Waals surface area contributed by atoms with Crippen LogP contribution in [0.25, 0.3) is 0 Å². The molecule has 1 amide bonds. The predicted octanol–water partition coefficient (Wildman–Crippen LogP) is 5.24. The molecule has 1 saturated heterocycles. The number of carbonyl (C=O) groups excluding carboxylic acids is 2. The summed E-state index contributed by atoms with van der Waals surface area (Å²) in [5.41, 5.74) is -0.0404. The maximum absolute atomic E-state index is 12.5. The number of hydrogen-bond acceptors (Lipinski definition) is 9. The van der Waals surface area contributed by atoms with Crippen LogP contribution in [0, 0.1) is 0 Å². The van der Waals surface area contributed by atoms with Crippen molar-refractivity contribution < 1.29 is 41.1 Å². The highest BCUT2D eigenvalue weighted by molar-refractivity contribution is 7.85. The highest BCUT2D eigenvalue weighted by Gasteiger charge is 2.45. The van der Waals surface area contributed by atoms with Gasteiger partial charge in [0, 0.05) is 0 Å². The summed E-state index contributed by atoms with van der Waals surface area (Å²) in [6, 6.07) is 8.36. The van der Waals surface area contributed by atoms with Crippen LogP contribution in [0.2, 0.25) is 0 Å². The normalized spacial score (nSPS) is 22.6. The monoisotopic (exact) mass is 557 g/mol. The number of hydrogen-bond donors (Lipinski definition) is 0. The summed E-state index contributed by atoms with van der Waals surface area (Å²) >= 11 is 0. The molecule has 11 heteroatoms. The Morgan fingerprint density at radius 3 is 2.26 bits per heavy atom. The zero-order chi connectivity index (χ0) is 28.3. The van der Waals surface area contributed by atoms with Crippen LogP contribution in [0.3, 0.4) is 0 Å². The molecule has 1 atom stereocenters. The maximum atomic E-state index is 12.5. The van der Waals surface area contributed by atoms with Gasteiger partial charge in [-0.25, -0.2) is 9.59 Å². The molecule has 39 heavy (non-hydrogen) atoms. The number of allylic oxidation sites excluding steroid dienone is 10. The number of rotatable bonds is 6. The zero-order valence-corrected chi connectivity index (χ0v) is 22.7. The van der Waals surface area contributed by atoms with Crippen LogP contribution < -0.4 is 0 Å². The molecule has 208 valence electrons. The quantitative estimate of drug-likeness (QED) is 0.433. The molecule has 0 aromatic heterocycles. The van der Waals surface area contributed by atoms with Crippen LogP contribution in [0.5, 0.6) is 0 Å². The van der Waals surface area contributed by atoms with E-state index in [4.69, 9.17) is 23.1 Å². The fraction of sp³-hybridized carbons (Fsp3) is 0.286. The van der Waals surface area contributed by atoms with Crippen LogP contribution in [-0.4, -0.2) is 49.8 Å². The lowest BCUT2D eigenvalue weighted by atomic mass is 10.2. The number of benzene rings is 1. The molecule has 0 N–H and O–H groups in total. The van der Waals surface area contributed by atoms with E-state index < -0.39 is 34.2 Å². The van der Waals surface area contributed by atoms with Gasteiger partial charge in [-0.1, -0.05) is 66.8 Å². The van der Waals surface area contributed by atoms with Crippen molar-refractivity contribution in [1.82, 2.24) is 4.31 Å². The fourth-order valence-electron chi connectivity index (χ4n) is 3.17. The maximum Gasteiger partial charge on any atom is 0.514 e. The Kier molecular flexibility index (Phi) is 10.3. The van der Waals surface area contributed by atoms with Crippen LogP contribution in [0.4, 0.5) is 9.59 Å². The lowest BCUT2D eigenvalue weighted by Gasteiger charge is -2.25. The molecule has 1 aromatic carbocycles. The van der Waals surface area contributed by atoms with Crippen LogP contribution >= 0.6 is 0 Å². The summed E-state index contributed by atoms with van der Waals surface area (Å²) in [5.74, 6) is 0.677. The van der Waals surface area contributed by atoms with Crippen molar-refractivity contribution in [3.05, 3.63) is 108 Å². The van der Waals surface area contributed by atoms with Crippen molar-refractivity contribution in [2.24, 2.45) is 0 Å². The van der Waals surface area contributed by atoms with Gasteiger partial charge in [0.2, 0.25) is 0 Å². The third kappa shape index (κ3) is 9.95. The van der Waals surface area contributed by atoms with E-state index in [1.54, 1.807) is 81.5 Å². The lowest BCUT2D eigenvalue weighted by molar-refractivity contribution is 0.0305. The second-order valence-corrected chi connectivity index (χ2v) is 10.7. The Hall–Kier alpha value is -4.09. The molecule has 1 aliphatic heterocycles. The van der Waals surface area contributed by atoms with Crippen molar-refractivity contribution in [1.29, 1.82) is 0 Å². The van der Waals surface area contributed by atoms with Gasteiger partial charge in [-0.3, -0.25) is 4.18 Å². The number of amides is 1. The molecule has 1 heterocycles. The minimum atomic E-state index is -4.27. The largest absolute Gasteiger partial charge is 0.514 e. The molecule has 1 aromatic rings. The van der Waals surface area contributed by atoms with Gasteiger partial charge >= 0.3 is 22.6 Å². The SMILES string of the molecule is CC(C)(C)OC(=O)N1[C@H](COC2=C\C=C/C=C\C(OC(=O)OCc3ccccc3)=C/C=C\C=C2)COS1(=O)=O. The van der Waals surface area contributed by atoms with Gasteiger partial charge in [0.25, 0.3) is 0 Å². The summed E-state index contributed by atoms with van der Waals surface area (Å²) in [4.78, 5) is 24.6. The smallest absolute Gasteiger partial charge is 0.491 e. The van der Waals surface area contributed by atoms with Gasteiger partial charge < -0.3 is 18.9 Å². The molecule has 0 spiro atoms. The Bertz CT molecular complexity index is 1300. The predicted molar refractivity (Wildman–Crippen MR) is 143 cm³/mol. The Morgan fingerprint density at radius 2 is 1.59 bits per heavy atom. The van der Waals surface area contributed by atoms with Crippen molar-refractivity contribution in [2.75, 3.05) is 13.2 Å². The molecule has 0 bridgehead atoms. The summed E-state index contributed by atoms with van der Waals surface area (Å²) in [6.07, 6.45) is 14.7. The summed E-state index contributed by atoms with van der Waals surface area (Å²) in [5, 5.41) is 0. The molecule has 2 aliphatic rings. The van der Waals surface area contributed by atoms with Crippen molar-refractivity contribution in [2.45, 2.75) is 39.0 Å². The van der Waals surface area contributed by atoms with Crippen molar-refractivity contribution >= 4 is 22.6 Å². The topological polar surface area (TPSA) is 118 Å². The second kappa shape index (κ2) is 13.6. The van der Waals surface area contributed by atoms with Crippen molar-refractivity contribution in [3.8, 4) is 0 Å². The summed E-state index contributed by atoms with van der Waals surface area (Å²) in [7, 11) is -4.27. The first-order chi connectivity index (χ1) is 18.5. The Balaban J connectivity index is 1.59. The highest BCUT2D eigenvalue weighted by Crippen LogP contribution is 2.23. The van der Waals surface area contributed by atoms with E-state index in [-0.39, 0.29) is 25.6 Å². The number of ether oxygens (including phenoxy) is 4. The van der Waals surface area contributed by atoms with Crippen LogP contribution in [-0.2, 0) is 40.0 Å². The average molecular weight is 558 g/mol. The molecular formula is C28H31NO9S. The number of nitrogens with zero attached hydrogens (tertiary/aromatic N) is 1. The first-order valence-corrected chi connectivity index (χ1v) is 13.4. The molecule has 1 fully saturated rings. The van der Waals surface area contributed by atoms with E-state index in [9.17, 15) is 18.0 Å². The molecule has 0 radical (unpaired) electrons. The van der Waals surface area contributed by atoms with E-state index in [1.807, 2.05) is 30.3 Å². The molecule has 0 saturated carbocycles. The van der Waals surface area contributed by atoms with Gasteiger partial charge in [0.15, 0.2) is 0 Å².